The van der Waals surface area contributed by atoms with E-state index >= 15 is 0 Å². The number of halogens is 2. The first kappa shape index (κ1) is 17.3. The van der Waals surface area contributed by atoms with E-state index in [0.29, 0.717) is 26.4 Å². The van der Waals surface area contributed by atoms with Crippen LogP contribution in [0.2, 0.25) is 10.0 Å². The average Bonchev–Trinajstić information content (AvgIpc) is 2.92. The monoisotopic (exact) mass is 379 g/mol. The summed E-state index contributed by atoms with van der Waals surface area (Å²) in [6, 6.07) is 7.36. The molecule has 0 N–H and O–H groups in total. The molecule has 4 nitrogen and oxygen atoms in total. The molecular formula is C17H15Cl2N3OS. The van der Waals surface area contributed by atoms with Crippen LogP contribution in [-0.2, 0) is 0 Å². The number of benzene rings is 1. The van der Waals surface area contributed by atoms with Crippen LogP contribution in [0.25, 0.3) is 5.65 Å². The number of carbonyl (C=O) groups excluding carboxylic acids is 1. The van der Waals surface area contributed by atoms with E-state index in [1.54, 1.807) is 16.7 Å². The molecule has 0 bridgehead atoms. The lowest BCUT2D eigenvalue weighted by atomic mass is 10.0. The van der Waals surface area contributed by atoms with Gasteiger partial charge in [0.1, 0.15) is 0 Å². The Balaban J connectivity index is 1.88. The van der Waals surface area contributed by atoms with E-state index in [2.05, 4.69) is 10.2 Å². The van der Waals surface area contributed by atoms with Crippen molar-refractivity contribution in [2.24, 2.45) is 0 Å². The van der Waals surface area contributed by atoms with Crippen molar-refractivity contribution in [1.29, 1.82) is 0 Å². The number of Topliss-reactive ketones (excluding diaryl/α,β-unsaturated/α-hetero) is 1. The molecule has 0 amide bonds. The molecule has 1 aromatic carbocycles. The summed E-state index contributed by atoms with van der Waals surface area (Å²) in [5.74, 6) is 0.0491. The smallest absolute Gasteiger partial charge is 0.196 e. The highest BCUT2D eigenvalue weighted by molar-refractivity contribution is 8.00. The lowest BCUT2D eigenvalue weighted by Crippen LogP contribution is -2.14. The minimum absolute atomic E-state index is 0.0491. The first-order valence-electron chi connectivity index (χ1n) is 7.34. The highest BCUT2D eigenvalue weighted by Crippen LogP contribution is 2.29. The van der Waals surface area contributed by atoms with Crippen molar-refractivity contribution in [3.8, 4) is 0 Å². The Bertz CT molecular complexity index is 939. The molecule has 0 spiro atoms. The first-order valence-corrected chi connectivity index (χ1v) is 8.98. The molecule has 0 aliphatic carbocycles. The summed E-state index contributed by atoms with van der Waals surface area (Å²) in [5.41, 5.74) is 3.49. The van der Waals surface area contributed by atoms with Gasteiger partial charge in [-0.25, -0.2) is 0 Å². The Morgan fingerprint density at radius 1 is 1.17 bits per heavy atom. The van der Waals surface area contributed by atoms with E-state index < -0.39 is 0 Å². The zero-order chi connectivity index (χ0) is 17.4. The maximum Gasteiger partial charge on any atom is 0.196 e. The Hall–Kier alpha value is -1.56. The fraction of sp³-hybridized carbons (Fsp3) is 0.235. The van der Waals surface area contributed by atoms with Crippen LogP contribution in [0.5, 0.6) is 0 Å². The lowest BCUT2D eigenvalue weighted by Gasteiger charge is -2.10. The van der Waals surface area contributed by atoms with Crippen molar-refractivity contribution in [3.05, 3.63) is 57.2 Å². The second-order valence-corrected chi connectivity index (χ2v) is 7.76. The first-order chi connectivity index (χ1) is 11.4. The van der Waals surface area contributed by atoms with E-state index in [-0.39, 0.29) is 11.0 Å². The second kappa shape index (κ2) is 6.75. The number of pyridine rings is 1. The number of hydrogen-bond donors (Lipinski definition) is 0. The molecule has 0 unspecified atom stereocenters. The van der Waals surface area contributed by atoms with E-state index in [0.717, 1.165) is 5.56 Å². The number of aryl methyl sites for hydroxylation is 2. The number of thioether (sulfide) groups is 1. The highest BCUT2D eigenvalue weighted by atomic mass is 35.5. The van der Waals surface area contributed by atoms with Gasteiger partial charge in [0, 0.05) is 11.8 Å². The Morgan fingerprint density at radius 2 is 1.92 bits per heavy atom. The van der Waals surface area contributed by atoms with Gasteiger partial charge in [0.15, 0.2) is 16.6 Å². The normalized spacial score (nSPS) is 12.5. The molecule has 0 saturated heterocycles. The molecule has 2 heterocycles. The maximum atomic E-state index is 12.7. The topological polar surface area (TPSA) is 47.3 Å². The van der Waals surface area contributed by atoms with Crippen molar-refractivity contribution in [2.45, 2.75) is 31.2 Å². The van der Waals surface area contributed by atoms with E-state index in [4.69, 9.17) is 23.2 Å². The van der Waals surface area contributed by atoms with Crippen molar-refractivity contribution < 1.29 is 4.79 Å². The predicted molar refractivity (Wildman–Crippen MR) is 98.6 cm³/mol. The zero-order valence-corrected chi connectivity index (χ0v) is 15.7. The van der Waals surface area contributed by atoms with Crippen LogP contribution in [0.3, 0.4) is 0 Å². The van der Waals surface area contributed by atoms with Gasteiger partial charge in [-0.3, -0.25) is 9.20 Å². The second-order valence-electron chi connectivity index (χ2n) is 5.61. The van der Waals surface area contributed by atoms with Gasteiger partial charge in [0.2, 0.25) is 0 Å². The Morgan fingerprint density at radius 3 is 2.62 bits per heavy atom. The molecule has 124 valence electrons. The van der Waals surface area contributed by atoms with Crippen LogP contribution >= 0.6 is 35.0 Å². The van der Waals surface area contributed by atoms with Crippen molar-refractivity contribution >= 4 is 46.4 Å². The van der Waals surface area contributed by atoms with Gasteiger partial charge in [0.25, 0.3) is 0 Å². The summed E-state index contributed by atoms with van der Waals surface area (Å²) in [5, 5.41) is 9.37. The highest BCUT2D eigenvalue weighted by Gasteiger charge is 2.20. The van der Waals surface area contributed by atoms with Gasteiger partial charge < -0.3 is 0 Å². The zero-order valence-electron chi connectivity index (χ0n) is 13.4. The minimum atomic E-state index is -0.308. The third-order valence-electron chi connectivity index (χ3n) is 3.84. The quantitative estimate of drug-likeness (QED) is 0.471. The van der Waals surface area contributed by atoms with E-state index in [1.165, 1.54) is 17.3 Å². The Kier molecular flexibility index (Phi) is 4.85. The van der Waals surface area contributed by atoms with Crippen LogP contribution in [0, 0.1) is 13.8 Å². The van der Waals surface area contributed by atoms with Crippen LogP contribution in [0.4, 0.5) is 0 Å². The van der Waals surface area contributed by atoms with E-state index in [1.807, 2.05) is 39.0 Å². The van der Waals surface area contributed by atoms with Crippen molar-refractivity contribution in [1.82, 2.24) is 14.6 Å². The molecule has 0 saturated carbocycles. The minimum Gasteiger partial charge on any atom is -0.293 e. The molecular weight excluding hydrogens is 365 g/mol. The molecule has 24 heavy (non-hydrogen) atoms. The van der Waals surface area contributed by atoms with Crippen LogP contribution < -0.4 is 0 Å². The SMILES string of the molecule is Cc1ccc(C(=O)[C@H](C)Sc2nnc3c(Cl)cc(Cl)cn23)cc1C. The average molecular weight is 380 g/mol. The number of hydrogen-bond acceptors (Lipinski definition) is 4. The largest absolute Gasteiger partial charge is 0.293 e. The van der Waals surface area contributed by atoms with Crippen LogP contribution in [-0.4, -0.2) is 25.6 Å². The summed E-state index contributed by atoms with van der Waals surface area (Å²) >= 11 is 13.5. The molecule has 0 radical (unpaired) electrons. The number of aromatic nitrogens is 3. The van der Waals surface area contributed by atoms with Gasteiger partial charge in [-0.05, 0) is 44.0 Å². The number of carbonyl (C=O) groups is 1. The summed E-state index contributed by atoms with van der Waals surface area (Å²) in [6.45, 7) is 5.88. The maximum absolute atomic E-state index is 12.7. The third kappa shape index (κ3) is 3.29. The molecule has 3 aromatic rings. The molecule has 0 aliphatic heterocycles. The molecule has 7 heteroatoms. The molecule has 3 rings (SSSR count). The predicted octanol–water partition coefficient (Wildman–Crippen LogP) is 5.02. The fourth-order valence-corrected chi connectivity index (χ4v) is 3.73. The number of rotatable bonds is 4. The summed E-state index contributed by atoms with van der Waals surface area (Å²) < 4.78 is 1.71. The lowest BCUT2D eigenvalue weighted by molar-refractivity contribution is 0.0994. The summed E-state index contributed by atoms with van der Waals surface area (Å²) in [7, 11) is 0. The Labute approximate surface area is 154 Å². The fourth-order valence-electron chi connectivity index (χ4n) is 2.32. The number of nitrogens with zero attached hydrogens (tertiary/aromatic N) is 3. The molecule has 0 fully saturated rings. The van der Waals surface area contributed by atoms with Gasteiger partial charge in [-0.2, -0.15) is 0 Å². The van der Waals surface area contributed by atoms with Gasteiger partial charge in [0.05, 0.1) is 15.3 Å². The molecule has 0 aliphatic rings. The van der Waals surface area contributed by atoms with Crippen LogP contribution in [0.15, 0.2) is 35.6 Å². The van der Waals surface area contributed by atoms with Gasteiger partial charge in [-0.1, -0.05) is 47.1 Å². The van der Waals surface area contributed by atoms with Gasteiger partial charge in [-0.15, -0.1) is 10.2 Å². The molecule has 1 atom stereocenters. The number of fused-ring (bicyclic) bond motifs is 1. The van der Waals surface area contributed by atoms with Gasteiger partial charge >= 0.3 is 0 Å². The molecule has 2 aromatic heterocycles. The third-order valence-corrected chi connectivity index (χ3v) is 5.38. The standard InChI is InChI=1S/C17H15Cl2N3OS/c1-9-4-5-12(6-10(9)2)15(23)11(3)24-17-21-20-16-14(19)7-13(18)8-22(16)17/h4-8,11H,1-3H3/t11-/m0/s1. The van der Waals surface area contributed by atoms with Crippen LogP contribution in [0.1, 0.15) is 28.4 Å². The van der Waals surface area contributed by atoms with Crippen molar-refractivity contribution in [2.75, 3.05) is 0 Å². The van der Waals surface area contributed by atoms with E-state index in [9.17, 15) is 4.79 Å². The summed E-state index contributed by atoms with van der Waals surface area (Å²) in [6.07, 6.45) is 1.69. The summed E-state index contributed by atoms with van der Waals surface area (Å²) in [4.78, 5) is 12.7. The van der Waals surface area contributed by atoms with Crippen molar-refractivity contribution in [3.63, 3.8) is 0 Å². The number of ketones is 1.